The van der Waals surface area contributed by atoms with Gasteiger partial charge in [0.2, 0.25) is 0 Å². The van der Waals surface area contributed by atoms with Crippen molar-refractivity contribution in [1.29, 1.82) is 0 Å². The first kappa shape index (κ1) is 12.3. The van der Waals surface area contributed by atoms with Crippen molar-refractivity contribution in [2.45, 2.75) is 6.42 Å². The number of rotatable bonds is 4. The summed E-state index contributed by atoms with van der Waals surface area (Å²) in [6.07, 6.45) is 5.76. The molecule has 5 heteroatoms. The molecule has 0 aliphatic carbocycles. The Morgan fingerprint density at radius 1 is 1.20 bits per heavy atom. The molecule has 0 unspecified atom stereocenters. The van der Waals surface area contributed by atoms with Gasteiger partial charge in [0.15, 0.2) is 5.65 Å². The fraction of sp³-hybridized carbons (Fsp3) is 0.133. The summed E-state index contributed by atoms with van der Waals surface area (Å²) in [6.45, 7) is 0.590. The molecule has 2 aromatic heterocycles. The Hall–Kier alpha value is -2.69. The first-order chi connectivity index (χ1) is 9.84. The second-order valence-corrected chi connectivity index (χ2v) is 4.44. The Morgan fingerprint density at radius 2 is 2.05 bits per heavy atom. The summed E-state index contributed by atoms with van der Waals surface area (Å²) >= 11 is 0. The molecule has 1 aromatic carbocycles. The average molecular weight is 266 g/mol. The van der Waals surface area contributed by atoms with Crippen LogP contribution < -0.4 is 5.32 Å². The van der Waals surface area contributed by atoms with Crippen molar-refractivity contribution in [2.24, 2.45) is 0 Å². The van der Waals surface area contributed by atoms with Crippen molar-refractivity contribution in [2.75, 3.05) is 6.54 Å². The summed E-state index contributed by atoms with van der Waals surface area (Å²) in [5.74, 6) is -0.144. The number of hydrogen-bond donors (Lipinski definition) is 1. The summed E-state index contributed by atoms with van der Waals surface area (Å²) in [5.41, 5.74) is 2.27. The van der Waals surface area contributed by atoms with Crippen LogP contribution in [0.15, 0.2) is 55.0 Å². The van der Waals surface area contributed by atoms with E-state index in [0.717, 1.165) is 6.42 Å². The Balaban J connectivity index is 1.65. The Bertz CT molecular complexity index is 721. The van der Waals surface area contributed by atoms with Crippen LogP contribution in [0.2, 0.25) is 0 Å². The molecule has 1 amide bonds. The predicted octanol–water partition coefficient (Wildman–Crippen LogP) is 1.70. The molecular weight excluding hydrogens is 252 g/mol. The number of nitrogens with zero attached hydrogens (tertiary/aromatic N) is 3. The molecule has 0 aliphatic rings. The largest absolute Gasteiger partial charge is 0.352 e. The van der Waals surface area contributed by atoms with E-state index in [0.29, 0.717) is 17.8 Å². The minimum atomic E-state index is -0.144. The molecule has 3 aromatic rings. The fourth-order valence-electron chi connectivity index (χ4n) is 2.05. The lowest BCUT2D eigenvalue weighted by molar-refractivity contribution is 0.0955. The quantitative estimate of drug-likeness (QED) is 0.782. The third-order valence-electron chi connectivity index (χ3n) is 3.07. The van der Waals surface area contributed by atoms with E-state index in [1.54, 1.807) is 29.2 Å². The summed E-state index contributed by atoms with van der Waals surface area (Å²) in [6, 6.07) is 11.8. The maximum atomic E-state index is 12.1. The molecule has 1 N–H and O–H groups in total. The van der Waals surface area contributed by atoms with Crippen LogP contribution in [0, 0.1) is 0 Å². The van der Waals surface area contributed by atoms with Crippen molar-refractivity contribution >= 4 is 11.6 Å². The van der Waals surface area contributed by atoms with Gasteiger partial charge in [0, 0.05) is 18.9 Å². The van der Waals surface area contributed by atoms with E-state index in [-0.39, 0.29) is 5.91 Å². The first-order valence-corrected chi connectivity index (χ1v) is 6.45. The van der Waals surface area contributed by atoms with Gasteiger partial charge in [-0.3, -0.25) is 4.79 Å². The summed E-state index contributed by atoms with van der Waals surface area (Å²) in [5, 5.41) is 6.99. The average Bonchev–Trinajstić information content (AvgIpc) is 2.92. The van der Waals surface area contributed by atoms with Crippen LogP contribution in [-0.4, -0.2) is 27.0 Å². The first-order valence-electron chi connectivity index (χ1n) is 6.45. The number of amides is 1. The smallest absolute Gasteiger partial charge is 0.256 e. The van der Waals surface area contributed by atoms with Crippen molar-refractivity contribution in [3.63, 3.8) is 0 Å². The van der Waals surface area contributed by atoms with Gasteiger partial charge in [-0.2, -0.15) is 5.10 Å². The van der Waals surface area contributed by atoms with E-state index >= 15 is 0 Å². The number of nitrogens with one attached hydrogen (secondary N) is 1. The molecular formula is C15H14N4O. The zero-order valence-corrected chi connectivity index (χ0v) is 10.9. The number of aromatic nitrogens is 3. The van der Waals surface area contributed by atoms with Crippen molar-refractivity contribution in [3.8, 4) is 0 Å². The Kier molecular flexibility index (Phi) is 3.41. The summed E-state index contributed by atoms with van der Waals surface area (Å²) in [7, 11) is 0. The highest BCUT2D eigenvalue weighted by molar-refractivity contribution is 5.99. The lowest BCUT2D eigenvalue weighted by Gasteiger charge is -2.04. The zero-order valence-electron chi connectivity index (χ0n) is 10.9. The van der Waals surface area contributed by atoms with Crippen molar-refractivity contribution in [1.82, 2.24) is 19.9 Å². The van der Waals surface area contributed by atoms with Gasteiger partial charge in [0.25, 0.3) is 5.91 Å². The highest BCUT2D eigenvalue weighted by Crippen LogP contribution is 2.06. The maximum absolute atomic E-state index is 12.1. The molecule has 0 saturated carbocycles. The molecule has 2 heterocycles. The van der Waals surface area contributed by atoms with Gasteiger partial charge >= 0.3 is 0 Å². The van der Waals surface area contributed by atoms with Gasteiger partial charge in [0.05, 0.1) is 6.20 Å². The highest BCUT2D eigenvalue weighted by Gasteiger charge is 2.12. The molecule has 0 fully saturated rings. The van der Waals surface area contributed by atoms with Crippen LogP contribution in [0.25, 0.3) is 5.65 Å². The van der Waals surface area contributed by atoms with Gasteiger partial charge in [-0.15, -0.1) is 0 Å². The number of carbonyl (C=O) groups is 1. The SMILES string of the molecule is O=C(NCCc1ccccc1)c1cnn2cccnc12. The second-order valence-electron chi connectivity index (χ2n) is 4.44. The molecule has 0 aliphatic heterocycles. The third-order valence-corrected chi connectivity index (χ3v) is 3.07. The standard InChI is InChI=1S/C15H14N4O/c20-15(17-9-7-12-5-2-1-3-6-12)13-11-18-19-10-4-8-16-14(13)19/h1-6,8,10-11H,7,9H2,(H,17,20). The number of hydrogen-bond acceptors (Lipinski definition) is 3. The molecule has 5 nitrogen and oxygen atoms in total. The third kappa shape index (κ3) is 2.51. The van der Waals surface area contributed by atoms with Crippen molar-refractivity contribution in [3.05, 3.63) is 66.1 Å². The molecule has 100 valence electrons. The van der Waals surface area contributed by atoms with Gasteiger partial charge < -0.3 is 5.32 Å². The Morgan fingerprint density at radius 3 is 2.90 bits per heavy atom. The van der Waals surface area contributed by atoms with Crippen LogP contribution in [0.1, 0.15) is 15.9 Å². The molecule has 0 radical (unpaired) electrons. The highest BCUT2D eigenvalue weighted by atomic mass is 16.1. The van der Waals surface area contributed by atoms with Crippen LogP contribution in [0.5, 0.6) is 0 Å². The lowest BCUT2D eigenvalue weighted by atomic mass is 10.1. The molecule has 0 saturated heterocycles. The van der Waals surface area contributed by atoms with Crippen LogP contribution in [-0.2, 0) is 6.42 Å². The summed E-state index contributed by atoms with van der Waals surface area (Å²) < 4.78 is 1.59. The molecule has 0 atom stereocenters. The van der Waals surface area contributed by atoms with E-state index in [1.165, 1.54) is 5.56 Å². The van der Waals surface area contributed by atoms with Gasteiger partial charge in [0.1, 0.15) is 5.56 Å². The van der Waals surface area contributed by atoms with Gasteiger partial charge in [-0.1, -0.05) is 30.3 Å². The van der Waals surface area contributed by atoms with Crippen LogP contribution >= 0.6 is 0 Å². The lowest BCUT2D eigenvalue weighted by Crippen LogP contribution is -2.25. The minimum absolute atomic E-state index is 0.144. The summed E-state index contributed by atoms with van der Waals surface area (Å²) in [4.78, 5) is 16.3. The van der Waals surface area contributed by atoms with E-state index in [4.69, 9.17) is 0 Å². The van der Waals surface area contributed by atoms with E-state index < -0.39 is 0 Å². The zero-order chi connectivity index (χ0) is 13.8. The molecule has 3 rings (SSSR count). The maximum Gasteiger partial charge on any atom is 0.256 e. The number of fused-ring (bicyclic) bond motifs is 1. The van der Waals surface area contributed by atoms with Crippen LogP contribution in [0.4, 0.5) is 0 Å². The Labute approximate surface area is 116 Å². The fourth-order valence-corrected chi connectivity index (χ4v) is 2.05. The van der Waals surface area contributed by atoms with Crippen molar-refractivity contribution < 1.29 is 4.79 Å². The predicted molar refractivity (Wildman–Crippen MR) is 75.5 cm³/mol. The normalized spacial score (nSPS) is 10.6. The van der Waals surface area contributed by atoms with E-state index in [2.05, 4.69) is 15.4 Å². The molecule has 20 heavy (non-hydrogen) atoms. The van der Waals surface area contributed by atoms with Gasteiger partial charge in [-0.25, -0.2) is 9.50 Å². The monoisotopic (exact) mass is 266 g/mol. The van der Waals surface area contributed by atoms with Crippen LogP contribution in [0.3, 0.4) is 0 Å². The topological polar surface area (TPSA) is 59.3 Å². The number of carbonyl (C=O) groups excluding carboxylic acids is 1. The minimum Gasteiger partial charge on any atom is -0.352 e. The number of benzene rings is 1. The van der Waals surface area contributed by atoms with E-state index in [1.807, 2.05) is 30.3 Å². The van der Waals surface area contributed by atoms with E-state index in [9.17, 15) is 4.79 Å². The van der Waals surface area contributed by atoms with Gasteiger partial charge in [-0.05, 0) is 18.1 Å². The molecule has 0 spiro atoms. The molecule has 0 bridgehead atoms. The second kappa shape index (κ2) is 5.52.